The molecule has 140 valence electrons. The Labute approximate surface area is 154 Å². The second kappa shape index (κ2) is 6.31. The molecule has 1 aliphatic heterocycles. The number of aromatic amines is 1. The van der Waals surface area contributed by atoms with Gasteiger partial charge in [-0.2, -0.15) is 4.68 Å². The third-order valence-corrected chi connectivity index (χ3v) is 5.51. The zero-order valence-electron chi connectivity index (χ0n) is 14.8. The first-order valence-corrected chi connectivity index (χ1v) is 9.23. The molecule has 1 N–H and O–H groups in total. The van der Waals surface area contributed by atoms with Gasteiger partial charge in [-0.3, -0.25) is 19.5 Å². The van der Waals surface area contributed by atoms with Gasteiger partial charge in [0.15, 0.2) is 5.69 Å². The van der Waals surface area contributed by atoms with Crippen molar-refractivity contribution in [2.45, 2.75) is 25.3 Å². The Morgan fingerprint density at radius 1 is 1.19 bits per heavy atom. The van der Waals surface area contributed by atoms with Crippen LogP contribution >= 0.6 is 0 Å². The Hall–Kier alpha value is -3.01. The van der Waals surface area contributed by atoms with Crippen molar-refractivity contribution < 1.29 is 4.79 Å². The highest BCUT2D eigenvalue weighted by molar-refractivity contribution is 5.92. The number of nitrogens with zero attached hydrogens (tertiary/aromatic N) is 7. The molecule has 1 aliphatic carbocycles. The van der Waals surface area contributed by atoms with Gasteiger partial charge in [-0.1, -0.05) is 11.6 Å². The summed E-state index contributed by atoms with van der Waals surface area (Å²) in [5, 5.41) is 12.2. The Balaban J connectivity index is 1.32. The van der Waals surface area contributed by atoms with E-state index in [0.29, 0.717) is 24.6 Å². The van der Waals surface area contributed by atoms with E-state index in [1.54, 1.807) is 18.3 Å². The molecule has 0 atom stereocenters. The molecule has 1 saturated heterocycles. The first-order chi connectivity index (χ1) is 13.2. The van der Waals surface area contributed by atoms with E-state index < -0.39 is 0 Å². The van der Waals surface area contributed by atoms with Gasteiger partial charge in [0.2, 0.25) is 0 Å². The van der Waals surface area contributed by atoms with E-state index in [9.17, 15) is 9.59 Å². The van der Waals surface area contributed by atoms with Crippen LogP contribution in [0.3, 0.4) is 0 Å². The number of H-pyrrole nitrogens is 1. The molecule has 1 amide bonds. The third kappa shape index (κ3) is 2.81. The van der Waals surface area contributed by atoms with Gasteiger partial charge in [0.25, 0.3) is 17.4 Å². The van der Waals surface area contributed by atoms with Crippen LogP contribution in [0.15, 0.2) is 29.3 Å². The lowest BCUT2D eigenvalue weighted by molar-refractivity contribution is 0.0451. The summed E-state index contributed by atoms with van der Waals surface area (Å²) in [7, 11) is 0. The first kappa shape index (κ1) is 16.2. The summed E-state index contributed by atoms with van der Waals surface area (Å²) >= 11 is 0. The largest absolute Gasteiger partial charge is 0.335 e. The Bertz CT molecular complexity index is 1040. The summed E-state index contributed by atoms with van der Waals surface area (Å²) in [5.41, 5.74) is 0.419. The minimum atomic E-state index is -0.277. The van der Waals surface area contributed by atoms with Crippen molar-refractivity contribution in [3.8, 4) is 5.95 Å². The summed E-state index contributed by atoms with van der Waals surface area (Å²) in [5.74, 6) is 0.0731. The normalized spacial score (nSPS) is 18.7. The zero-order chi connectivity index (χ0) is 18.4. The lowest BCUT2D eigenvalue weighted by Gasteiger charge is -2.42. The highest BCUT2D eigenvalue weighted by Crippen LogP contribution is 2.25. The number of aromatic nitrogens is 6. The lowest BCUT2D eigenvalue weighted by Crippen LogP contribution is -2.53. The fourth-order valence-electron chi connectivity index (χ4n) is 3.70. The summed E-state index contributed by atoms with van der Waals surface area (Å²) in [6.07, 6.45) is 7.06. The molecular weight excluding hydrogens is 348 g/mol. The van der Waals surface area contributed by atoms with E-state index >= 15 is 0 Å². The molecule has 2 aliphatic rings. The average Bonchev–Trinajstić information content (AvgIpc) is 3.30. The van der Waals surface area contributed by atoms with Gasteiger partial charge in [0.1, 0.15) is 5.52 Å². The van der Waals surface area contributed by atoms with Crippen molar-refractivity contribution in [2.75, 3.05) is 26.2 Å². The molecule has 0 aromatic carbocycles. The molecule has 2 fully saturated rings. The maximum absolute atomic E-state index is 12.7. The van der Waals surface area contributed by atoms with Gasteiger partial charge in [0.05, 0.1) is 6.20 Å². The molecular formula is C17H20N8O2. The topological polar surface area (TPSA) is 104 Å². The smallest absolute Gasteiger partial charge is 0.276 e. The van der Waals surface area contributed by atoms with Crippen LogP contribution in [0.5, 0.6) is 0 Å². The van der Waals surface area contributed by atoms with Crippen LogP contribution in [0, 0.1) is 0 Å². The number of piperazine rings is 1. The van der Waals surface area contributed by atoms with E-state index in [4.69, 9.17) is 0 Å². The molecule has 10 heteroatoms. The molecule has 5 rings (SSSR count). The average molecular weight is 368 g/mol. The van der Waals surface area contributed by atoms with E-state index in [1.165, 1.54) is 34.7 Å². The van der Waals surface area contributed by atoms with Crippen molar-refractivity contribution in [1.82, 2.24) is 39.4 Å². The number of amides is 1. The van der Waals surface area contributed by atoms with E-state index in [-0.39, 0.29) is 23.1 Å². The van der Waals surface area contributed by atoms with E-state index in [2.05, 4.69) is 25.3 Å². The van der Waals surface area contributed by atoms with Crippen LogP contribution in [0.25, 0.3) is 11.5 Å². The number of hydrogen-bond acceptors (Lipinski definition) is 6. The molecule has 0 bridgehead atoms. The quantitative estimate of drug-likeness (QED) is 0.693. The highest BCUT2D eigenvalue weighted by atomic mass is 16.2. The Kier molecular flexibility index (Phi) is 3.78. The SMILES string of the molecule is O=C(c1cn(-c2nn3cccc3c(=O)[nH]2)nn1)N1CCN(C2CCC2)CC1. The van der Waals surface area contributed by atoms with E-state index in [0.717, 1.165) is 13.1 Å². The Morgan fingerprint density at radius 2 is 2.00 bits per heavy atom. The molecule has 27 heavy (non-hydrogen) atoms. The zero-order valence-corrected chi connectivity index (χ0v) is 14.8. The number of hydrogen-bond donors (Lipinski definition) is 1. The van der Waals surface area contributed by atoms with Crippen molar-refractivity contribution in [1.29, 1.82) is 0 Å². The number of rotatable bonds is 3. The van der Waals surface area contributed by atoms with Gasteiger partial charge in [-0.05, 0) is 25.0 Å². The molecule has 4 heterocycles. The lowest BCUT2D eigenvalue weighted by atomic mass is 9.91. The van der Waals surface area contributed by atoms with Crippen LogP contribution in [-0.2, 0) is 0 Å². The predicted octanol–water partition coefficient (Wildman–Crippen LogP) is -0.0864. The second-order valence-electron chi connectivity index (χ2n) is 7.08. The first-order valence-electron chi connectivity index (χ1n) is 9.23. The molecule has 3 aromatic rings. The third-order valence-electron chi connectivity index (χ3n) is 5.51. The maximum atomic E-state index is 12.7. The van der Waals surface area contributed by atoms with Crippen molar-refractivity contribution in [2.24, 2.45) is 0 Å². The monoisotopic (exact) mass is 368 g/mol. The highest BCUT2D eigenvalue weighted by Gasteiger charge is 2.30. The number of fused-ring (bicyclic) bond motifs is 1. The van der Waals surface area contributed by atoms with Crippen molar-refractivity contribution in [3.63, 3.8) is 0 Å². The Morgan fingerprint density at radius 3 is 2.74 bits per heavy atom. The number of carbonyl (C=O) groups is 1. The van der Waals surface area contributed by atoms with Gasteiger partial charge in [0, 0.05) is 38.4 Å². The molecule has 0 unspecified atom stereocenters. The summed E-state index contributed by atoms with van der Waals surface area (Å²) in [6, 6.07) is 4.12. The standard InChI is InChI=1S/C17H20N8O2/c26-15-14-5-2-6-24(14)20-17(18-15)25-11-13(19-21-25)16(27)23-9-7-22(8-10-23)12-3-1-4-12/h2,5-6,11-12H,1,3-4,7-10H2,(H,18,20,26). The molecule has 10 nitrogen and oxygen atoms in total. The van der Waals surface area contributed by atoms with Gasteiger partial charge in [-0.15, -0.1) is 10.2 Å². The van der Waals surface area contributed by atoms with Crippen LogP contribution in [0.4, 0.5) is 0 Å². The van der Waals surface area contributed by atoms with Crippen molar-refractivity contribution >= 4 is 11.4 Å². The van der Waals surface area contributed by atoms with Gasteiger partial charge >= 0.3 is 0 Å². The fourth-order valence-corrected chi connectivity index (χ4v) is 3.70. The van der Waals surface area contributed by atoms with Crippen molar-refractivity contribution in [3.05, 3.63) is 40.6 Å². The minimum Gasteiger partial charge on any atom is -0.335 e. The predicted molar refractivity (Wildman–Crippen MR) is 95.8 cm³/mol. The molecule has 1 saturated carbocycles. The molecule has 0 spiro atoms. The van der Waals surface area contributed by atoms with Crippen LogP contribution in [-0.4, -0.2) is 77.5 Å². The summed E-state index contributed by atoms with van der Waals surface area (Å²) < 4.78 is 2.79. The van der Waals surface area contributed by atoms with E-state index in [1.807, 2.05) is 4.90 Å². The number of nitrogens with one attached hydrogen (secondary N) is 1. The summed E-state index contributed by atoms with van der Waals surface area (Å²) in [6.45, 7) is 3.21. The van der Waals surface area contributed by atoms with Crippen LogP contribution < -0.4 is 5.56 Å². The molecule has 0 radical (unpaired) electrons. The fraction of sp³-hybridized carbons (Fsp3) is 0.471. The van der Waals surface area contributed by atoms with Gasteiger partial charge < -0.3 is 4.90 Å². The van der Waals surface area contributed by atoms with Crippen LogP contribution in [0.2, 0.25) is 0 Å². The number of carbonyl (C=O) groups excluding carboxylic acids is 1. The molecule has 3 aromatic heterocycles. The minimum absolute atomic E-state index is 0.140. The van der Waals surface area contributed by atoms with Gasteiger partial charge in [-0.25, -0.2) is 4.52 Å². The van der Waals surface area contributed by atoms with Crippen LogP contribution in [0.1, 0.15) is 29.8 Å². The maximum Gasteiger partial charge on any atom is 0.276 e. The summed E-state index contributed by atoms with van der Waals surface area (Å²) in [4.78, 5) is 31.8. The second-order valence-corrected chi connectivity index (χ2v) is 7.08.